The predicted molar refractivity (Wildman–Crippen MR) is 126 cm³/mol. The lowest BCUT2D eigenvalue weighted by molar-refractivity contribution is 0.880. The summed E-state index contributed by atoms with van der Waals surface area (Å²) in [7, 11) is 0. The van der Waals surface area contributed by atoms with E-state index in [1.807, 2.05) is 6.07 Å². The van der Waals surface area contributed by atoms with Crippen LogP contribution in [-0.2, 0) is 0 Å². The van der Waals surface area contributed by atoms with Crippen molar-refractivity contribution in [2.45, 2.75) is 19.3 Å². The van der Waals surface area contributed by atoms with Crippen LogP contribution in [0.2, 0.25) is 0 Å². The molecule has 0 saturated heterocycles. The predicted octanol–water partition coefficient (Wildman–Crippen LogP) is 7.01. The van der Waals surface area contributed by atoms with Gasteiger partial charge in [-0.25, -0.2) is 0 Å². The summed E-state index contributed by atoms with van der Waals surface area (Å²) in [6.07, 6.45) is 0.844. The molecule has 2 nitrogen and oxygen atoms in total. The molecule has 5 rings (SSSR count). The summed E-state index contributed by atoms with van der Waals surface area (Å²) in [6.45, 7) is 2.10. The molecule has 146 valence electrons. The number of benzene rings is 4. The highest BCUT2D eigenvalue weighted by molar-refractivity contribution is 6.02. The van der Waals surface area contributed by atoms with Gasteiger partial charge in [-0.1, -0.05) is 97.1 Å². The number of anilines is 1. The van der Waals surface area contributed by atoms with Crippen molar-refractivity contribution in [3.8, 4) is 11.1 Å². The minimum absolute atomic E-state index is 0.301. The van der Waals surface area contributed by atoms with Crippen molar-refractivity contribution in [2.75, 3.05) is 5.43 Å². The number of fused-ring (bicyclic) bond motifs is 3. The molecule has 0 heterocycles. The van der Waals surface area contributed by atoms with Gasteiger partial charge in [0.05, 0.1) is 11.4 Å². The Morgan fingerprint density at radius 2 is 1.27 bits per heavy atom. The molecule has 0 amide bonds. The van der Waals surface area contributed by atoms with Crippen LogP contribution in [0.1, 0.15) is 34.6 Å². The monoisotopic (exact) mass is 388 g/mol. The number of aryl methyl sites for hydroxylation is 1. The van der Waals surface area contributed by atoms with Crippen molar-refractivity contribution >= 4 is 11.4 Å². The van der Waals surface area contributed by atoms with Gasteiger partial charge < -0.3 is 0 Å². The van der Waals surface area contributed by atoms with Gasteiger partial charge in [-0.3, -0.25) is 5.43 Å². The van der Waals surface area contributed by atoms with Crippen LogP contribution in [0, 0.1) is 6.92 Å². The highest BCUT2D eigenvalue weighted by Crippen LogP contribution is 2.46. The molecule has 0 unspecified atom stereocenters. The molecule has 1 N–H and O–H groups in total. The minimum Gasteiger partial charge on any atom is -0.278 e. The molecule has 0 fully saturated rings. The lowest BCUT2D eigenvalue weighted by atomic mass is 9.89. The van der Waals surface area contributed by atoms with Crippen LogP contribution in [0.25, 0.3) is 11.1 Å². The second-order valence-corrected chi connectivity index (χ2v) is 7.78. The van der Waals surface area contributed by atoms with E-state index in [4.69, 9.17) is 5.10 Å². The van der Waals surface area contributed by atoms with Crippen LogP contribution in [-0.4, -0.2) is 5.71 Å². The fraction of sp³-hybridized carbons (Fsp3) is 0.107. The van der Waals surface area contributed by atoms with Crippen molar-refractivity contribution in [3.05, 3.63) is 125 Å². The molecule has 0 radical (unpaired) electrons. The first-order valence-corrected chi connectivity index (χ1v) is 10.4. The highest BCUT2D eigenvalue weighted by Gasteiger charge is 2.29. The number of hydrogen-bond acceptors (Lipinski definition) is 2. The standard InChI is InChI=1S/C28H24N2/c1-20-11-5-10-18-27(20)29-30-28(21-12-3-2-4-13-21)19-26-24-16-8-6-14-22(24)23-15-7-9-17-25(23)26/h2-18,26,29H,19H2,1H3. The van der Waals surface area contributed by atoms with E-state index < -0.39 is 0 Å². The summed E-state index contributed by atoms with van der Waals surface area (Å²) in [5, 5.41) is 4.90. The molecule has 0 spiro atoms. The number of nitrogens with one attached hydrogen (secondary N) is 1. The zero-order valence-electron chi connectivity index (χ0n) is 17.0. The molecule has 0 saturated carbocycles. The Kier molecular flexibility index (Phi) is 4.90. The molecule has 0 aliphatic heterocycles. The quantitative estimate of drug-likeness (QED) is 0.288. The number of rotatable bonds is 5. The third kappa shape index (κ3) is 3.42. The third-order valence-corrected chi connectivity index (χ3v) is 5.92. The van der Waals surface area contributed by atoms with Crippen molar-refractivity contribution in [1.29, 1.82) is 0 Å². The van der Waals surface area contributed by atoms with Crippen LogP contribution < -0.4 is 5.43 Å². The Morgan fingerprint density at radius 3 is 1.93 bits per heavy atom. The fourth-order valence-corrected chi connectivity index (χ4v) is 4.36. The first-order chi connectivity index (χ1) is 14.8. The lowest BCUT2D eigenvalue weighted by Gasteiger charge is -2.16. The number of hydrogen-bond donors (Lipinski definition) is 1. The van der Waals surface area contributed by atoms with Crippen molar-refractivity contribution in [1.82, 2.24) is 0 Å². The Morgan fingerprint density at radius 1 is 0.700 bits per heavy atom. The minimum atomic E-state index is 0.301. The van der Waals surface area contributed by atoms with E-state index in [9.17, 15) is 0 Å². The molecule has 1 aliphatic rings. The molecule has 4 aromatic rings. The van der Waals surface area contributed by atoms with Gasteiger partial charge in [0.2, 0.25) is 0 Å². The van der Waals surface area contributed by atoms with Crippen LogP contribution in [0.4, 0.5) is 5.69 Å². The largest absolute Gasteiger partial charge is 0.278 e. The van der Waals surface area contributed by atoms with E-state index in [0.29, 0.717) is 5.92 Å². The average molecular weight is 389 g/mol. The zero-order chi connectivity index (χ0) is 20.3. The summed E-state index contributed by atoms with van der Waals surface area (Å²) < 4.78 is 0. The Labute approximate surface area is 177 Å². The van der Waals surface area contributed by atoms with Crippen LogP contribution in [0.15, 0.2) is 108 Å². The van der Waals surface area contributed by atoms with E-state index >= 15 is 0 Å². The summed E-state index contributed by atoms with van der Waals surface area (Å²) in [6, 6.07) is 36.3. The number of nitrogens with zero attached hydrogens (tertiary/aromatic N) is 1. The normalized spacial score (nSPS) is 13.0. The molecule has 0 atom stereocenters. The van der Waals surface area contributed by atoms with Crippen molar-refractivity contribution in [2.24, 2.45) is 5.10 Å². The van der Waals surface area contributed by atoms with Gasteiger partial charge >= 0.3 is 0 Å². The molecule has 0 aromatic heterocycles. The molecular weight excluding hydrogens is 364 g/mol. The summed E-state index contributed by atoms with van der Waals surface area (Å²) >= 11 is 0. The summed E-state index contributed by atoms with van der Waals surface area (Å²) in [4.78, 5) is 0. The molecule has 30 heavy (non-hydrogen) atoms. The maximum atomic E-state index is 4.90. The van der Waals surface area contributed by atoms with E-state index in [-0.39, 0.29) is 0 Å². The van der Waals surface area contributed by atoms with Gasteiger partial charge in [0.1, 0.15) is 0 Å². The third-order valence-electron chi connectivity index (χ3n) is 5.92. The summed E-state index contributed by atoms with van der Waals surface area (Å²) in [5.41, 5.74) is 13.2. The first-order valence-electron chi connectivity index (χ1n) is 10.4. The summed E-state index contributed by atoms with van der Waals surface area (Å²) in [5.74, 6) is 0.301. The fourth-order valence-electron chi connectivity index (χ4n) is 4.36. The van der Waals surface area contributed by atoms with E-state index in [1.54, 1.807) is 0 Å². The topological polar surface area (TPSA) is 24.4 Å². The molecular formula is C28H24N2. The zero-order valence-corrected chi connectivity index (χ0v) is 17.0. The van der Waals surface area contributed by atoms with E-state index in [0.717, 1.165) is 23.4 Å². The van der Waals surface area contributed by atoms with Gasteiger partial charge in [0.25, 0.3) is 0 Å². The second-order valence-electron chi connectivity index (χ2n) is 7.78. The van der Waals surface area contributed by atoms with Crippen LogP contribution >= 0.6 is 0 Å². The van der Waals surface area contributed by atoms with Gasteiger partial charge in [-0.05, 0) is 46.4 Å². The highest BCUT2D eigenvalue weighted by atomic mass is 15.3. The van der Waals surface area contributed by atoms with E-state index in [2.05, 4.69) is 109 Å². The Bertz CT molecular complexity index is 1160. The van der Waals surface area contributed by atoms with Crippen LogP contribution in [0.5, 0.6) is 0 Å². The van der Waals surface area contributed by atoms with Crippen molar-refractivity contribution in [3.63, 3.8) is 0 Å². The van der Waals surface area contributed by atoms with Gasteiger partial charge in [0, 0.05) is 12.3 Å². The second kappa shape index (κ2) is 8.00. The maximum Gasteiger partial charge on any atom is 0.0688 e. The van der Waals surface area contributed by atoms with E-state index in [1.165, 1.54) is 27.8 Å². The molecule has 0 bridgehead atoms. The molecule has 4 aromatic carbocycles. The number of hydrazone groups is 1. The Hall–Kier alpha value is -3.65. The molecule has 1 aliphatic carbocycles. The smallest absolute Gasteiger partial charge is 0.0688 e. The SMILES string of the molecule is Cc1ccccc1NN=C(CC1c2ccccc2-c2ccccc21)c1ccccc1. The van der Waals surface area contributed by atoms with Gasteiger partial charge in [-0.15, -0.1) is 0 Å². The Balaban J connectivity index is 1.55. The first kappa shape index (κ1) is 18.4. The van der Waals surface area contributed by atoms with Crippen LogP contribution in [0.3, 0.4) is 0 Å². The van der Waals surface area contributed by atoms with Gasteiger partial charge in [0.15, 0.2) is 0 Å². The molecule has 2 heteroatoms. The van der Waals surface area contributed by atoms with Crippen molar-refractivity contribution < 1.29 is 0 Å². The van der Waals surface area contributed by atoms with Gasteiger partial charge in [-0.2, -0.15) is 5.10 Å². The number of para-hydroxylation sites is 1. The average Bonchev–Trinajstić information content (AvgIpc) is 3.12. The maximum absolute atomic E-state index is 4.90. The lowest BCUT2D eigenvalue weighted by Crippen LogP contribution is -2.10.